The van der Waals surface area contributed by atoms with Crippen molar-refractivity contribution in [2.24, 2.45) is 10.9 Å². The first-order chi connectivity index (χ1) is 9.35. The number of carbonyl (C=O) groups excluding carboxylic acids is 1. The first kappa shape index (κ1) is 17.4. The molecular weight excluding hydrogens is 311 g/mol. The molecule has 1 amide bonds. The zero-order valence-electron chi connectivity index (χ0n) is 10.9. The Labute approximate surface area is 119 Å². The molecule has 0 bridgehead atoms. The summed E-state index contributed by atoms with van der Waals surface area (Å²) in [4.78, 5) is 11.3. The van der Waals surface area contributed by atoms with Gasteiger partial charge in [-0.05, 0) is 24.6 Å². The van der Waals surface area contributed by atoms with Crippen molar-refractivity contribution < 1.29 is 26.4 Å². The number of benzene rings is 1. The van der Waals surface area contributed by atoms with Crippen LogP contribution in [0.4, 0.5) is 13.2 Å². The minimum Gasteiger partial charge on any atom is -0.350 e. The highest BCUT2D eigenvalue weighted by Crippen LogP contribution is 2.28. The number of hydrogen-bond donors (Lipinski definition) is 3. The van der Waals surface area contributed by atoms with Crippen LogP contribution in [0.3, 0.4) is 0 Å². The van der Waals surface area contributed by atoms with E-state index in [-0.39, 0.29) is 17.0 Å². The van der Waals surface area contributed by atoms with Gasteiger partial charge in [-0.15, -0.1) is 0 Å². The summed E-state index contributed by atoms with van der Waals surface area (Å²) in [6.45, 7) is 0.230. The van der Waals surface area contributed by atoms with E-state index in [2.05, 4.69) is 0 Å². The Balaban J connectivity index is 2.84. The fourth-order valence-corrected chi connectivity index (χ4v) is 1.91. The molecule has 10 heteroatoms. The standard InChI is InChI=1S/C11H14F3N3O3S/c1-10(15,11(12,13)14)9(18)17-6-7-3-2-4-8(5-7)21(16,19)20/h2-5H,6,15H2,1H3,(H,17,18)(H2,16,19,20). The smallest absolute Gasteiger partial charge is 0.350 e. The van der Waals surface area contributed by atoms with Crippen molar-refractivity contribution in [3.8, 4) is 0 Å². The molecule has 1 rings (SSSR count). The molecule has 0 aromatic heterocycles. The number of halogens is 3. The minimum absolute atomic E-state index is 0.208. The maximum Gasteiger partial charge on any atom is 0.415 e. The molecule has 1 unspecified atom stereocenters. The number of nitrogens with one attached hydrogen (secondary N) is 1. The number of nitrogens with two attached hydrogens (primary N) is 2. The Morgan fingerprint density at radius 2 is 1.90 bits per heavy atom. The Morgan fingerprint density at radius 3 is 2.38 bits per heavy atom. The number of amides is 1. The largest absolute Gasteiger partial charge is 0.415 e. The average molecular weight is 325 g/mol. The SMILES string of the molecule is CC(N)(C(=O)NCc1cccc(S(N)(=O)=O)c1)C(F)(F)F. The topological polar surface area (TPSA) is 115 Å². The van der Waals surface area contributed by atoms with Gasteiger partial charge in [0.25, 0.3) is 0 Å². The van der Waals surface area contributed by atoms with Crippen LogP contribution in [-0.4, -0.2) is 26.0 Å². The molecule has 0 aliphatic carbocycles. The van der Waals surface area contributed by atoms with Crippen molar-refractivity contribution in [3.05, 3.63) is 29.8 Å². The van der Waals surface area contributed by atoms with E-state index in [4.69, 9.17) is 10.9 Å². The fraction of sp³-hybridized carbons (Fsp3) is 0.364. The van der Waals surface area contributed by atoms with Crippen LogP contribution < -0.4 is 16.2 Å². The molecule has 1 aromatic carbocycles. The molecule has 0 radical (unpaired) electrons. The summed E-state index contributed by atoms with van der Waals surface area (Å²) in [5, 5.41) is 6.93. The molecule has 6 nitrogen and oxygen atoms in total. The predicted octanol–water partition coefficient (Wildman–Crippen LogP) is 0.230. The number of carbonyl (C=O) groups is 1. The van der Waals surface area contributed by atoms with Crippen LogP contribution in [0.2, 0.25) is 0 Å². The van der Waals surface area contributed by atoms with E-state index in [1.807, 2.05) is 5.32 Å². The van der Waals surface area contributed by atoms with Crippen LogP contribution in [-0.2, 0) is 21.4 Å². The van der Waals surface area contributed by atoms with Crippen LogP contribution in [0, 0.1) is 0 Å². The lowest BCUT2D eigenvalue weighted by Gasteiger charge is -2.26. The van der Waals surface area contributed by atoms with E-state index >= 15 is 0 Å². The zero-order valence-corrected chi connectivity index (χ0v) is 11.8. The number of alkyl halides is 3. The quantitative estimate of drug-likeness (QED) is 0.735. The molecule has 0 saturated carbocycles. The van der Waals surface area contributed by atoms with Gasteiger partial charge in [0, 0.05) is 6.54 Å². The molecule has 0 fully saturated rings. The molecule has 5 N–H and O–H groups in total. The molecule has 0 saturated heterocycles. The normalized spacial score (nSPS) is 15.3. The maximum absolute atomic E-state index is 12.5. The molecular formula is C11H14F3N3O3S. The van der Waals surface area contributed by atoms with Crippen LogP contribution in [0.25, 0.3) is 0 Å². The minimum atomic E-state index is -4.90. The zero-order chi connectivity index (χ0) is 16.5. The van der Waals surface area contributed by atoms with Crippen molar-refractivity contribution >= 4 is 15.9 Å². The third-order valence-electron chi connectivity index (χ3n) is 2.74. The van der Waals surface area contributed by atoms with Crippen LogP contribution >= 0.6 is 0 Å². The first-order valence-corrected chi connectivity index (χ1v) is 7.16. The van der Waals surface area contributed by atoms with Gasteiger partial charge >= 0.3 is 6.18 Å². The van der Waals surface area contributed by atoms with Crippen molar-refractivity contribution in [3.63, 3.8) is 0 Å². The van der Waals surface area contributed by atoms with E-state index < -0.39 is 27.6 Å². The van der Waals surface area contributed by atoms with Crippen LogP contribution in [0.1, 0.15) is 12.5 Å². The summed E-state index contributed by atoms with van der Waals surface area (Å²) < 4.78 is 59.9. The Bertz CT molecular complexity index is 642. The van der Waals surface area contributed by atoms with Crippen LogP contribution in [0.5, 0.6) is 0 Å². The maximum atomic E-state index is 12.5. The van der Waals surface area contributed by atoms with Gasteiger partial charge in [0.1, 0.15) is 0 Å². The molecule has 1 aromatic rings. The number of hydrogen-bond acceptors (Lipinski definition) is 4. The lowest BCUT2D eigenvalue weighted by Crippen LogP contribution is -2.61. The molecule has 21 heavy (non-hydrogen) atoms. The molecule has 1 atom stereocenters. The van der Waals surface area contributed by atoms with Crippen molar-refractivity contribution in [2.45, 2.75) is 30.1 Å². The van der Waals surface area contributed by atoms with Crippen LogP contribution in [0.15, 0.2) is 29.2 Å². The average Bonchev–Trinajstić information content (AvgIpc) is 2.33. The second-order valence-corrected chi connectivity index (χ2v) is 6.14. The third-order valence-corrected chi connectivity index (χ3v) is 3.65. The summed E-state index contributed by atoms with van der Waals surface area (Å²) in [7, 11) is -3.93. The van der Waals surface area contributed by atoms with E-state index in [0.29, 0.717) is 6.92 Å². The Hall–Kier alpha value is -1.65. The van der Waals surface area contributed by atoms with Gasteiger partial charge in [-0.1, -0.05) is 12.1 Å². The molecule has 0 heterocycles. The molecule has 0 aliphatic rings. The third kappa shape index (κ3) is 4.16. The first-order valence-electron chi connectivity index (χ1n) is 5.61. The lowest BCUT2D eigenvalue weighted by molar-refractivity contribution is -0.187. The van der Waals surface area contributed by atoms with Gasteiger partial charge in [-0.2, -0.15) is 13.2 Å². The fourth-order valence-electron chi connectivity index (χ4n) is 1.33. The summed E-state index contributed by atoms with van der Waals surface area (Å²) in [6.07, 6.45) is -4.90. The number of sulfonamides is 1. The van der Waals surface area contributed by atoms with Crippen molar-refractivity contribution in [1.29, 1.82) is 0 Å². The molecule has 0 aliphatic heterocycles. The second-order valence-electron chi connectivity index (χ2n) is 4.58. The van der Waals surface area contributed by atoms with Gasteiger partial charge in [-0.25, -0.2) is 13.6 Å². The Kier molecular flexibility index (Phi) is 4.66. The second kappa shape index (κ2) is 5.62. The lowest BCUT2D eigenvalue weighted by atomic mass is 10.0. The van der Waals surface area contributed by atoms with E-state index in [0.717, 1.165) is 6.07 Å². The van der Waals surface area contributed by atoms with E-state index in [1.54, 1.807) is 0 Å². The summed E-state index contributed by atoms with van der Waals surface area (Å²) in [5.41, 5.74) is 2.18. The Morgan fingerprint density at radius 1 is 1.33 bits per heavy atom. The monoisotopic (exact) mass is 325 g/mol. The van der Waals surface area contributed by atoms with Crippen molar-refractivity contribution in [1.82, 2.24) is 5.32 Å². The number of primary sulfonamides is 1. The van der Waals surface area contributed by atoms with Gasteiger partial charge in [0.15, 0.2) is 5.54 Å². The number of rotatable bonds is 4. The van der Waals surface area contributed by atoms with Gasteiger partial charge in [-0.3, -0.25) is 4.79 Å². The van der Waals surface area contributed by atoms with E-state index in [1.165, 1.54) is 18.2 Å². The van der Waals surface area contributed by atoms with Gasteiger partial charge in [0.2, 0.25) is 15.9 Å². The van der Waals surface area contributed by atoms with E-state index in [9.17, 15) is 26.4 Å². The summed E-state index contributed by atoms with van der Waals surface area (Å²) >= 11 is 0. The summed E-state index contributed by atoms with van der Waals surface area (Å²) in [5.74, 6) is -1.42. The predicted molar refractivity (Wildman–Crippen MR) is 68.3 cm³/mol. The van der Waals surface area contributed by atoms with Gasteiger partial charge in [0.05, 0.1) is 4.90 Å². The van der Waals surface area contributed by atoms with Crippen molar-refractivity contribution in [2.75, 3.05) is 0 Å². The molecule has 118 valence electrons. The highest BCUT2D eigenvalue weighted by molar-refractivity contribution is 7.89. The highest BCUT2D eigenvalue weighted by Gasteiger charge is 2.53. The summed E-state index contributed by atoms with van der Waals surface area (Å²) in [6, 6.07) is 5.16. The van der Waals surface area contributed by atoms with Gasteiger partial charge < -0.3 is 11.1 Å². The molecule has 0 spiro atoms. The highest BCUT2D eigenvalue weighted by atomic mass is 32.2.